The van der Waals surface area contributed by atoms with Gasteiger partial charge in [-0.05, 0) is 25.3 Å². The molecule has 0 unspecified atom stereocenters. The van der Waals surface area contributed by atoms with Gasteiger partial charge in [0.25, 0.3) is 0 Å². The van der Waals surface area contributed by atoms with E-state index in [2.05, 4.69) is 4.72 Å². The lowest BCUT2D eigenvalue weighted by Crippen LogP contribution is -2.39. The second kappa shape index (κ2) is 5.82. The van der Waals surface area contributed by atoms with Gasteiger partial charge in [-0.1, -0.05) is 29.8 Å². The molecule has 2 rings (SSSR count). The summed E-state index contributed by atoms with van der Waals surface area (Å²) >= 11 is 0. The molecule has 0 bridgehead atoms. The van der Waals surface area contributed by atoms with Crippen molar-refractivity contribution in [3.05, 3.63) is 35.4 Å². The molecule has 0 atom stereocenters. The largest absolute Gasteiger partial charge is 0.381 e. The van der Waals surface area contributed by atoms with Gasteiger partial charge in [-0.25, -0.2) is 13.1 Å². The summed E-state index contributed by atoms with van der Waals surface area (Å²) in [5, 5.41) is 0. The van der Waals surface area contributed by atoms with Crippen LogP contribution in [0.5, 0.6) is 0 Å². The van der Waals surface area contributed by atoms with E-state index in [4.69, 9.17) is 4.74 Å². The molecule has 0 saturated carbocycles. The Bertz CT molecular complexity index is 475. The number of benzene rings is 1. The third-order valence-electron chi connectivity index (χ3n) is 3.04. The number of nitrogens with one attached hydrogen (secondary N) is 1. The van der Waals surface area contributed by atoms with Gasteiger partial charge >= 0.3 is 0 Å². The Morgan fingerprint density at radius 1 is 1.22 bits per heavy atom. The normalized spacial score (nSPS) is 17.8. The second-order valence-corrected chi connectivity index (χ2v) is 6.50. The van der Waals surface area contributed by atoms with Gasteiger partial charge in [0.2, 0.25) is 10.0 Å². The smallest absolute Gasteiger partial charge is 0.216 e. The highest BCUT2D eigenvalue weighted by atomic mass is 32.2. The lowest BCUT2D eigenvalue weighted by Gasteiger charge is -2.22. The molecule has 0 radical (unpaired) electrons. The lowest BCUT2D eigenvalue weighted by molar-refractivity contribution is 0.0832. The fraction of sp³-hybridized carbons (Fsp3) is 0.538. The Morgan fingerprint density at radius 3 is 2.44 bits per heavy atom. The quantitative estimate of drug-likeness (QED) is 0.903. The average molecular weight is 269 g/mol. The van der Waals surface area contributed by atoms with Crippen molar-refractivity contribution in [2.24, 2.45) is 0 Å². The van der Waals surface area contributed by atoms with Gasteiger partial charge in [-0.3, -0.25) is 0 Å². The van der Waals surface area contributed by atoms with Gasteiger partial charge in [0, 0.05) is 19.3 Å². The molecule has 100 valence electrons. The van der Waals surface area contributed by atoms with Crippen LogP contribution in [0.25, 0.3) is 0 Å². The highest BCUT2D eigenvalue weighted by Gasteiger charge is 2.20. The van der Waals surface area contributed by atoms with Crippen LogP contribution in [-0.4, -0.2) is 27.7 Å². The minimum Gasteiger partial charge on any atom is -0.381 e. The fourth-order valence-electron chi connectivity index (χ4n) is 2.01. The van der Waals surface area contributed by atoms with Crippen LogP contribution in [-0.2, 0) is 20.5 Å². The second-order valence-electron chi connectivity index (χ2n) is 4.75. The molecule has 1 aliphatic rings. The first-order valence-electron chi connectivity index (χ1n) is 6.18. The summed E-state index contributed by atoms with van der Waals surface area (Å²) in [5.74, 6) is 0.0463. The van der Waals surface area contributed by atoms with Gasteiger partial charge in [0.1, 0.15) is 0 Å². The number of aryl methyl sites for hydroxylation is 1. The zero-order chi connectivity index (χ0) is 13.0. The molecule has 0 aromatic heterocycles. The molecular formula is C13H19NO3S. The van der Waals surface area contributed by atoms with E-state index < -0.39 is 10.0 Å². The Hall–Kier alpha value is -0.910. The maximum atomic E-state index is 12.0. The predicted molar refractivity (Wildman–Crippen MR) is 70.8 cm³/mol. The predicted octanol–water partition coefficient (Wildman–Crippen LogP) is 1.59. The van der Waals surface area contributed by atoms with Crippen LogP contribution < -0.4 is 4.72 Å². The molecule has 5 heteroatoms. The molecule has 1 aromatic carbocycles. The molecule has 18 heavy (non-hydrogen) atoms. The highest BCUT2D eigenvalue weighted by molar-refractivity contribution is 7.88. The van der Waals surface area contributed by atoms with Gasteiger partial charge in [-0.15, -0.1) is 0 Å². The lowest BCUT2D eigenvalue weighted by atomic mass is 10.1. The van der Waals surface area contributed by atoms with E-state index in [9.17, 15) is 8.42 Å². The summed E-state index contributed by atoms with van der Waals surface area (Å²) in [5.41, 5.74) is 1.95. The Morgan fingerprint density at radius 2 is 1.83 bits per heavy atom. The first-order valence-corrected chi connectivity index (χ1v) is 7.84. The number of rotatable bonds is 4. The maximum absolute atomic E-state index is 12.0. The van der Waals surface area contributed by atoms with Crippen molar-refractivity contribution in [2.45, 2.75) is 31.6 Å². The minimum atomic E-state index is -3.25. The SMILES string of the molecule is Cc1ccc(CS(=O)(=O)NC2CCOCC2)cc1. The van der Waals surface area contributed by atoms with Crippen molar-refractivity contribution in [1.82, 2.24) is 4.72 Å². The maximum Gasteiger partial charge on any atom is 0.216 e. The highest BCUT2D eigenvalue weighted by Crippen LogP contribution is 2.11. The first-order chi connectivity index (χ1) is 8.55. The average Bonchev–Trinajstić information content (AvgIpc) is 2.32. The van der Waals surface area contributed by atoms with Crippen LogP contribution in [0.2, 0.25) is 0 Å². The summed E-state index contributed by atoms with van der Waals surface area (Å²) in [4.78, 5) is 0. The standard InChI is InChI=1S/C13H19NO3S/c1-11-2-4-12(5-3-11)10-18(15,16)14-13-6-8-17-9-7-13/h2-5,13-14H,6-10H2,1H3. The van der Waals surface area contributed by atoms with E-state index in [1.165, 1.54) is 0 Å². The van der Waals surface area contributed by atoms with E-state index >= 15 is 0 Å². The van der Waals surface area contributed by atoms with Gasteiger partial charge in [-0.2, -0.15) is 0 Å². The number of ether oxygens (including phenoxy) is 1. The molecule has 0 aliphatic carbocycles. The molecule has 1 aliphatic heterocycles. The monoisotopic (exact) mass is 269 g/mol. The summed E-state index contributed by atoms with van der Waals surface area (Å²) in [7, 11) is -3.25. The molecular weight excluding hydrogens is 250 g/mol. The van der Waals surface area contributed by atoms with Crippen LogP contribution in [0.1, 0.15) is 24.0 Å². The number of hydrogen-bond acceptors (Lipinski definition) is 3. The van der Waals surface area contributed by atoms with Crippen LogP contribution in [0.15, 0.2) is 24.3 Å². The Balaban J connectivity index is 1.96. The number of sulfonamides is 1. The van der Waals surface area contributed by atoms with Crippen molar-refractivity contribution >= 4 is 10.0 Å². The molecule has 1 N–H and O–H groups in total. The minimum absolute atomic E-state index is 0.0224. The summed E-state index contributed by atoms with van der Waals surface area (Å²) in [6.07, 6.45) is 1.51. The molecule has 1 aromatic rings. The van der Waals surface area contributed by atoms with E-state index in [1.807, 2.05) is 31.2 Å². The van der Waals surface area contributed by atoms with Gasteiger partial charge in [0.05, 0.1) is 5.75 Å². The van der Waals surface area contributed by atoms with Crippen LogP contribution >= 0.6 is 0 Å². The summed E-state index contributed by atoms with van der Waals surface area (Å²) in [6, 6.07) is 7.60. The molecule has 0 spiro atoms. The third-order valence-corrected chi connectivity index (χ3v) is 4.45. The molecule has 1 fully saturated rings. The van der Waals surface area contributed by atoms with Crippen LogP contribution in [0, 0.1) is 6.92 Å². The van der Waals surface area contributed by atoms with Crippen molar-refractivity contribution in [1.29, 1.82) is 0 Å². The zero-order valence-electron chi connectivity index (χ0n) is 10.6. The van der Waals surface area contributed by atoms with E-state index in [0.29, 0.717) is 13.2 Å². The zero-order valence-corrected chi connectivity index (χ0v) is 11.4. The summed E-state index contributed by atoms with van der Waals surface area (Å²) in [6.45, 7) is 3.26. The molecule has 1 heterocycles. The Labute approximate surface area is 108 Å². The molecule has 4 nitrogen and oxygen atoms in total. The molecule has 0 amide bonds. The molecule has 1 saturated heterocycles. The van der Waals surface area contributed by atoms with Crippen molar-refractivity contribution < 1.29 is 13.2 Å². The Kier molecular flexibility index (Phi) is 4.37. The first kappa shape index (κ1) is 13.5. The van der Waals surface area contributed by atoms with Gasteiger partial charge in [0.15, 0.2) is 0 Å². The number of hydrogen-bond donors (Lipinski definition) is 1. The van der Waals surface area contributed by atoms with E-state index in [-0.39, 0.29) is 11.8 Å². The third kappa shape index (κ3) is 4.08. The van der Waals surface area contributed by atoms with Gasteiger partial charge < -0.3 is 4.74 Å². The van der Waals surface area contributed by atoms with Crippen molar-refractivity contribution in [2.75, 3.05) is 13.2 Å². The van der Waals surface area contributed by atoms with E-state index in [1.54, 1.807) is 0 Å². The van der Waals surface area contributed by atoms with Crippen LogP contribution in [0.4, 0.5) is 0 Å². The topological polar surface area (TPSA) is 55.4 Å². The fourth-order valence-corrected chi connectivity index (χ4v) is 3.47. The summed E-state index contributed by atoms with van der Waals surface area (Å²) < 4.78 is 32.0. The van der Waals surface area contributed by atoms with Crippen molar-refractivity contribution in [3.8, 4) is 0 Å². The van der Waals surface area contributed by atoms with Crippen LogP contribution in [0.3, 0.4) is 0 Å². The van der Waals surface area contributed by atoms with Crippen molar-refractivity contribution in [3.63, 3.8) is 0 Å². The van der Waals surface area contributed by atoms with E-state index in [0.717, 1.165) is 24.0 Å².